The molecule has 0 saturated carbocycles. The Morgan fingerprint density at radius 2 is 1.67 bits per heavy atom. The molecule has 0 unspecified atom stereocenters. The number of hydrogen-bond donors (Lipinski definition) is 2. The van der Waals surface area contributed by atoms with E-state index in [4.69, 9.17) is 11.6 Å². The fourth-order valence-electron chi connectivity index (χ4n) is 2.95. The number of anilines is 1. The van der Waals surface area contributed by atoms with Gasteiger partial charge in [-0.25, -0.2) is 13.4 Å². The molecule has 0 saturated heterocycles. The third-order valence-electron chi connectivity index (χ3n) is 4.13. The summed E-state index contributed by atoms with van der Waals surface area (Å²) in [5.41, 5.74) is 4.87. The fourth-order valence-corrected chi connectivity index (χ4v) is 3.65. The summed E-state index contributed by atoms with van der Waals surface area (Å²) in [5, 5.41) is 0.673. The van der Waals surface area contributed by atoms with Gasteiger partial charge >= 0.3 is 0 Å². The molecule has 0 aliphatic rings. The quantitative estimate of drug-likeness (QED) is 0.513. The summed E-state index contributed by atoms with van der Waals surface area (Å²) < 4.78 is 25.9. The molecule has 7 heteroatoms. The number of hydrogen-bond acceptors (Lipinski definition) is 3. The van der Waals surface area contributed by atoms with Gasteiger partial charge in [0.2, 0.25) is 10.0 Å². The molecule has 2 N–H and O–H groups in total. The summed E-state index contributed by atoms with van der Waals surface area (Å²) in [6.45, 7) is 0. The molecule has 0 atom stereocenters. The number of halogens is 1. The van der Waals surface area contributed by atoms with E-state index in [1.807, 2.05) is 54.6 Å². The van der Waals surface area contributed by atoms with Crippen molar-refractivity contribution in [3.8, 4) is 22.5 Å². The van der Waals surface area contributed by atoms with Gasteiger partial charge in [0.1, 0.15) is 5.82 Å². The summed E-state index contributed by atoms with van der Waals surface area (Å²) in [4.78, 5) is 7.94. The Kier molecular flexibility index (Phi) is 4.37. The average molecular weight is 398 g/mol. The van der Waals surface area contributed by atoms with Crippen LogP contribution in [0.5, 0.6) is 0 Å². The molecule has 5 nitrogen and oxygen atoms in total. The maximum Gasteiger partial charge on any atom is 0.229 e. The van der Waals surface area contributed by atoms with Crippen LogP contribution in [0, 0.1) is 0 Å². The van der Waals surface area contributed by atoms with E-state index in [0.717, 1.165) is 39.8 Å². The van der Waals surface area contributed by atoms with Crippen molar-refractivity contribution in [2.45, 2.75) is 0 Å². The monoisotopic (exact) mass is 397 g/mol. The maximum atomic E-state index is 11.6. The van der Waals surface area contributed by atoms with Crippen LogP contribution in [0.3, 0.4) is 0 Å². The molecular formula is C20H16ClN3O2S. The first kappa shape index (κ1) is 17.6. The molecule has 4 aromatic rings. The Labute approximate surface area is 162 Å². The lowest BCUT2D eigenvalue weighted by molar-refractivity contribution is 0.607. The van der Waals surface area contributed by atoms with Crippen molar-refractivity contribution in [1.29, 1.82) is 0 Å². The number of para-hydroxylation sites is 1. The second kappa shape index (κ2) is 6.72. The highest BCUT2D eigenvalue weighted by atomic mass is 35.5. The van der Waals surface area contributed by atoms with Crippen LogP contribution in [-0.4, -0.2) is 24.6 Å². The van der Waals surface area contributed by atoms with Crippen LogP contribution in [0.2, 0.25) is 5.02 Å². The predicted octanol–water partition coefficient (Wildman–Crippen LogP) is 4.92. The number of fused-ring (bicyclic) bond motifs is 1. The molecule has 27 heavy (non-hydrogen) atoms. The molecule has 0 bridgehead atoms. The van der Waals surface area contributed by atoms with E-state index in [1.54, 1.807) is 12.1 Å². The number of nitrogens with one attached hydrogen (secondary N) is 2. The van der Waals surface area contributed by atoms with Crippen molar-refractivity contribution in [2.24, 2.45) is 0 Å². The molecule has 0 fully saturated rings. The van der Waals surface area contributed by atoms with Gasteiger partial charge in [-0.15, -0.1) is 0 Å². The van der Waals surface area contributed by atoms with Crippen LogP contribution in [0.15, 0.2) is 66.7 Å². The van der Waals surface area contributed by atoms with Crippen molar-refractivity contribution < 1.29 is 8.42 Å². The van der Waals surface area contributed by atoms with Crippen molar-refractivity contribution in [3.63, 3.8) is 0 Å². The molecule has 1 heterocycles. The minimum Gasteiger partial charge on any atom is -0.338 e. The van der Waals surface area contributed by atoms with E-state index in [9.17, 15) is 8.42 Å². The van der Waals surface area contributed by atoms with Gasteiger partial charge in [0.05, 0.1) is 23.0 Å². The molecule has 1 aromatic heterocycles. The number of H-pyrrole nitrogens is 1. The SMILES string of the molecule is CS(=O)(=O)Nc1ccccc1-c1ccc2nc(-c3ccc(Cl)cc3)[nH]c2c1. The first-order valence-corrected chi connectivity index (χ1v) is 10.5. The Morgan fingerprint density at radius 1 is 0.963 bits per heavy atom. The average Bonchev–Trinajstić information content (AvgIpc) is 3.04. The van der Waals surface area contributed by atoms with Crippen LogP contribution >= 0.6 is 11.6 Å². The molecule has 3 aromatic carbocycles. The third-order valence-corrected chi connectivity index (χ3v) is 4.98. The number of nitrogens with zero attached hydrogens (tertiary/aromatic N) is 1. The van der Waals surface area contributed by atoms with Gasteiger partial charge < -0.3 is 4.98 Å². The lowest BCUT2D eigenvalue weighted by Gasteiger charge is -2.10. The van der Waals surface area contributed by atoms with E-state index in [0.29, 0.717) is 10.7 Å². The van der Waals surface area contributed by atoms with E-state index < -0.39 is 10.0 Å². The number of aromatic amines is 1. The number of rotatable bonds is 4. The van der Waals surface area contributed by atoms with Crippen LogP contribution in [0.1, 0.15) is 0 Å². The first-order valence-electron chi connectivity index (χ1n) is 8.22. The van der Waals surface area contributed by atoms with Gasteiger partial charge in [0.15, 0.2) is 0 Å². The van der Waals surface area contributed by atoms with Crippen LogP contribution in [0.4, 0.5) is 5.69 Å². The van der Waals surface area contributed by atoms with Crippen LogP contribution in [-0.2, 0) is 10.0 Å². The van der Waals surface area contributed by atoms with E-state index in [2.05, 4.69) is 14.7 Å². The lowest BCUT2D eigenvalue weighted by Crippen LogP contribution is -2.10. The van der Waals surface area contributed by atoms with Gasteiger partial charge in [-0.3, -0.25) is 4.72 Å². The zero-order chi connectivity index (χ0) is 19.0. The van der Waals surface area contributed by atoms with Crippen molar-refractivity contribution >= 4 is 38.3 Å². The molecule has 0 aliphatic heterocycles. The highest BCUT2D eigenvalue weighted by Gasteiger charge is 2.11. The normalized spacial score (nSPS) is 11.6. The van der Waals surface area contributed by atoms with Gasteiger partial charge in [0, 0.05) is 16.1 Å². The van der Waals surface area contributed by atoms with Crippen molar-refractivity contribution in [1.82, 2.24) is 9.97 Å². The van der Waals surface area contributed by atoms with Gasteiger partial charge in [-0.2, -0.15) is 0 Å². The van der Waals surface area contributed by atoms with Crippen LogP contribution < -0.4 is 4.72 Å². The summed E-state index contributed by atoms with van der Waals surface area (Å²) in [7, 11) is -3.37. The Bertz CT molecular complexity index is 1230. The van der Waals surface area contributed by atoms with Crippen molar-refractivity contribution in [2.75, 3.05) is 11.0 Å². The standard InChI is InChI=1S/C20H16ClN3O2S/c1-27(25,26)24-17-5-3-2-4-16(17)14-8-11-18-19(12-14)23-20(22-18)13-6-9-15(21)10-7-13/h2-12,24H,1H3,(H,22,23). The summed E-state index contributed by atoms with van der Waals surface area (Å²) >= 11 is 5.95. The largest absolute Gasteiger partial charge is 0.338 e. The van der Waals surface area contributed by atoms with Crippen LogP contribution in [0.25, 0.3) is 33.5 Å². The highest BCUT2D eigenvalue weighted by Crippen LogP contribution is 2.31. The Balaban J connectivity index is 1.78. The second-order valence-corrected chi connectivity index (χ2v) is 8.43. The third kappa shape index (κ3) is 3.82. The minimum absolute atomic E-state index is 0.539. The molecule has 0 radical (unpaired) electrons. The molecular weight excluding hydrogens is 382 g/mol. The van der Waals surface area contributed by atoms with Gasteiger partial charge in [0.25, 0.3) is 0 Å². The van der Waals surface area contributed by atoms with Gasteiger partial charge in [-0.1, -0.05) is 35.9 Å². The van der Waals surface area contributed by atoms with Gasteiger partial charge in [-0.05, 0) is 48.0 Å². The predicted molar refractivity (Wildman–Crippen MR) is 110 cm³/mol. The minimum atomic E-state index is -3.37. The second-order valence-electron chi connectivity index (χ2n) is 6.24. The van der Waals surface area contributed by atoms with E-state index >= 15 is 0 Å². The topological polar surface area (TPSA) is 74.8 Å². The maximum absolute atomic E-state index is 11.6. The number of benzene rings is 3. The number of sulfonamides is 1. The van der Waals surface area contributed by atoms with E-state index in [1.165, 1.54) is 0 Å². The van der Waals surface area contributed by atoms with Crippen molar-refractivity contribution in [3.05, 3.63) is 71.8 Å². The molecule has 4 rings (SSSR count). The molecule has 0 spiro atoms. The van der Waals surface area contributed by atoms with E-state index in [-0.39, 0.29) is 0 Å². The molecule has 0 aliphatic carbocycles. The summed E-state index contributed by atoms with van der Waals surface area (Å²) in [6.07, 6.45) is 1.14. The Morgan fingerprint density at radius 3 is 2.41 bits per heavy atom. The fraction of sp³-hybridized carbons (Fsp3) is 0.0500. The Hall–Kier alpha value is -2.83. The summed E-state index contributed by atoms with van der Waals surface area (Å²) in [5.74, 6) is 0.751. The molecule has 136 valence electrons. The first-order chi connectivity index (χ1) is 12.9. The zero-order valence-corrected chi connectivity index (χ0v) is 16.0. The lowest BCUT2D eigenvalue weighted by atomic mass is 10.0. The zero-order valence-electron chi connectivity index (χ0n) is 14.4. The smallest absolute Gasteiger partial charge is 0.229 e. The number of aromatic nitrogens is 2. The molecule has 0 amide bonds. The summed E-state index contributed by atoms with van der Waals surface area (Å²) in [6, 6.07) is 20.6. The number of imidazole rings is 1. The highest BCUT2D eigenvalue weighted by molar-refractivity contribution is 7.92.